The molecule has 0 radical (unpaired) electrons. The van der Waals surface area contributed by atoms with Crippen LogP contribution in [0.5, 0.6) is 11.5 Å². The van der Waals surface area contributed by atoms with Crippen LogP contribution in [-0.4, -0.2) is 0 Å². The number of para-hydroxylation sites is 2. The number of rotatable bonds is 4. The Hall–Kier alpha value is -6.37. The first-order valence-electron chi connectivity index (χ1n) is 16.5. The Bertz CT molecular complexity index is 2840. The number of thiophene rings is 1. The normalized spacial score (nSPS) is 12.3. The summed E-state index contributed by atoms with van der Waals surface area (Å²) < 4.78 is 15.5. The molecule has 0 saturated carbocycles. The maximum atomic E-state index is 13.9. The third-order valence-corrected chi connectivity index (χ3v) is 10.6. The molecule has 1 aliphatic rings. The zero-order chi connectivity index (χ0) is 33.3. The van der Waals surface area contributed by atoms with Gasteiger partial charge in [0.2, 0.25) is 5.43 Å². The van der Waals surface area contributed by atoms with E-state index >= 15 is 0 Å². The quantitative estimate of drug-likeness (QED) is 0.175. The molecule has 9 aromatic rings. The zero-order valence-corrected chi connectivity index (χ0v) is 27.8. The van der Waals surface area contributed by atoms with Crippen LogP contribution >= 0.6 is 11.3 Å². The highest BCUT2D eigenvalue weighted by Gasteiger charge is 2.30. The van der Waals surface area contributed by atoms with Crippen molar-refractivity contribution in [3.63, 3.8) is 0 Å². The Morgan fingerprint density at radius 1 is 0.580 bits per heavy atom. The van der Waals surface area contributed by atoms with Crippen LogP contribution in [0.3, 0.4) is 0 Å². The van der Waals surface area contributed by atoms with Crippen molar-refractivity contribution in [1.82, 2.24) is 0 Å². The zero-order valence-electron chi connectivity index (χ0n) is 27.0. The lowest BCUT2D eigenvalue weighted by Gasteiger charge is -2.35. The van der Waals surface area contributed by atoms with E-state index in [2.05, 4.69) is 120 Å². The molecule has 1 aliphatic heterocycles. The van der Waals surface area contributed by atoms with Gasteiger partial charge < -0.3 is 19.0 Å². The van der Waals surface area contributed by atoms with Crippen LogP contribution in [0.2, 0.25) is 0 Å². The first-order valence-corrected chi connectivity index (χ1v) is 17.4. The van der Waals surface area contributed by atoms with Crippen LogP contribution in [0, 0.1) is 6.92 Å². The minimum atomic E-state index is -0.0555. The van der Waals surface area contributed by atoms with Gasteiger partial charge >= 0.3 is 0 Å². The highest BCUT2D eigenvalue weighted by molar-refractivity contribution is 7.25. The number of benzene rings is 7. The number of anilines is 6. The highest BCUT2D eigenvalue weighted by atomic mass is 32.1. The van der Waals surface area contributed by atoms with E-state index in [0.29, 0.717) is 21.9 Å². The summed E-state index contributed by atoms with van der Waals surface area (Å²) >= 11 is 1.76. The summed E-state index contributed by atoms with van der Waals surface area (Å²) in [5.41, 5.74) is 7.94. The molecule has 0 fully saturated rings. The Morgan fingerprint density at radius 3 is 2.16 bits per heavy atom. The summed E-state index contributed by atoms with van der Waals surface area (Å²) in [6.07, 6.45) is 0. The monoisotopic (exact) mass is 664 g/mol. The molecule has 7 aromatic carbocycles. The molecule has 238 valence electrons. The van der Waals surface area contributed by atoms with Gasteiger partial charge in [0.1, 0.15) is 11.2 Å². The topological polar surface area (TPSA) is 45.9 Å². The van der Waals surface area contributed by atoms with Crippen LogP contribution in [0.15, 0.2) is 161 Å². The van der Waals surface area contributed by atoms with Crippen molar-refractivity contribution in [3.8, 4) is 11.5 Å². The van der Waals surface area contributed by atoms with Crippen molar-refractivity contribution >= 4 is 87.6 Å². The SMILES string of the molecule is Cc1ccc(N(c2ccccc2)c2ccc3c(c2)N(c2ccc4oc5ccccc5c(=O)c4c2)c2ccc4sc5ccccc5c4c2O3)cc1. The summed E-state index contributed by atoms with van der Waals surface area (Å²) in [4.78, 5) is 18.3. The third-order valence-electron chi connectivity index (χ3n) is 9.49. The van der Waals surface area contributed by atoms with E-state index in [4.69, 9.17) is 9.15 Å². The van der Waals surface area contributed by atoms with Crippen LogP contribution in [0.1, 0.15) is 5.56 Å². The summed E-state index contributed by atoms with van der Waals surface area (Å²) in [5.74, 6) is 1.52. The molecular formula is C44H28N2O3S. The smallest absolute Gasteiger partial charge is 0.200 e. The number of fused-ring (bicyclic) bond motifs is 8. The summed E-state index contributed by atoms with van der Waals surface area (Å²) in [5, 5.41) is 3.33. The van der Waals surface area contributed by atoms with Gasteiger partial charge in [0.05, 0.1) is 22.1 Å². The lowest BCUT2D eigenvalue weighted by molar-refractivity contribution is 0.483. The fraction of sp³-hybridized carbons (Fsp3) is 0.0227. The van der Waals surface area contributed by atoms with Crippen LogP contribution in [-0.2, 0) is 0 Å². The minimum absolute atomic E-state index is 0.0555. The summed E-state index contributed by atoms with van der Waals surface area (Å²) in [6.45, 7) is 2.10. The molecule has 3 heterocycles. The lowest BCUT2D eigenvalue weighted by Crippen LogP contribution is -2.18. The maximum absolute atomic E-state index is 13.9. The second kappa shape index (κ2) is 11.1. The van der Waals surface area contributed by atoms with Gasteiger partial charge in [-0.25, -0.2) is 0 Å². The second-order valence-corrected chi connectivity index (χ2v) is 13.7. The van der Waals surface area contributed by atoms with Crippen molar-refractivity contribution in [3.05, 3.63) is 167 Å². The molecule has 10 rings (SSSR count). The van der Waals surface area contributed by atoms with E-state index in [-0.39, 0.29) is 5.43 Å². The largest absolute Gasteiger partial charge is 0.456 e. The number of nitrogens with zero attached hydrogens (tertiary/aromatic N) is 2. The molecule has 5 nitrogen and oxygen atoms in total. The molecule has 0 unspecified atom stereocenters. The fourth-order valence-electron chi connectivity index (χ4n) is 7.13. The minimum Gasteiger partial charge on any atom is -0.456 e. The standard InChI is InChI=1S/C44H28N2O3S/c1-27-15-17-29(18-16-27)45(28-9-3-2-4-10-28)31-20-23-39-36(26-31)46(30-19-22-38-34(25-30)43(47)32-11-5-7-13-37(32)48-38)35-21-24-41-42(44(35)49-39)33-12-6-8-14-40(33)50-41/h2-26H,1H3. The van der Waals surface area contributed by atoms with Crippen molar-refractivity contribution in [2.24, 2.45) is 0 Å². The van der Waals surface area contributed by atoms with E-state index in [1.165, 1.54) is 10.3 Å². The third kappa shape index (κ3) is 4.42. The molecule has 6 heteroatoms. The molecule has 0 atom stereocenters. The molecule has 0 N–H and O–H groups in total. The first-order chi connectivity index (χ1) is 24.6. The van der Waals surface area contributed by atoms with E-state index in [1.54, 1.807) is 11.3 Å². The average molecular weight is 665 g/mol. The van der Waals surface area contributed by atoms with E-state index in [1.807, 2.05) is 48.5 Å². The number of ether oxygens (including phenoxy) is 1. The van der Waals surface area contributed by atoms with E-state index in [0.717, 1.165) is 61.1 Å². The average Bonchev–Trinajstić information content (AvgIpc) is 3.55. The second-order valence-electron chi connectivity index (χ2n) is 12.6. The molecule has 0 amide bonds. The van der Waals surface area contributed by atoms with Gasteiger partial charge in [-0.15, -0.1) is 11.3 Å². The Kier molecular flexibility index (Phi) is 6.35. The number of hydrogen-bond acceptors (Lipinski definition) is 6. The molecule has 0 bridgehead atoms. The van der Waals surface area contributed by atoms with Crippen molar-refractivity contribution in [2.45, 2.75) is 6.92 Å². The molecule has 0 aliphatic carbocycles. The summed E-state index contributed by atoms with van der Waals surface area (Å²) in [7, 11) is 0. The number of aryl methyl sites for hydroxylation is 1. The van der Waals surface area contributed by atoms with Gasteiger partial charge in [0.15, 0.2) is 11.5 Å². The van der Waals surface area contributed by atoms with Gasteiger partial charge in [0, 0.05) is 42.9 Å². The molecular weight excluding hydrogens is 637 g/mol. The van der Waals surface area contributed by atoms with Gasteiger partial charge in [-0.05, 0) is 97.9 Å². The van der Waals surface area contributed by atoms with Crippen LogP contribution in [0.25, 0.3) is 42.1 Å². The predicted octanol–water partition coefficient (Wildman–Crippen LogP) is 12.7. The molecule has 0 saturated heterocycles. The predicted molar refractivity (Wildman–Crippen MR) is 207 cm³/mol. The lowest BCUT2D eigenvalue weighted by atomic mass is 10.0. The summed E-state index contributed by atoms with van der Waals surface area (Å²) in [6, 6.07) is 51.4. The number of hydrogen-bond donors (Lipinski definition) is 0. The van der Waals surface area contributed by atoms with Crippen LogP contribution in [0.4, 0.5) is 34.1 Å². The van der Waals surface area contributed by atoms with Crippen LogP contribution < -0.4 is 20.0 Å². The first kappa shape index (κ1) is 28.6. The van der Waals surface area contributed by atoms with Gasteiger partial charge in [-0.3, -0.25) is 4.79 Å². The Balaban J connectivity index is 1.23. The Morgan fingerprint density at radius 2 is 1.30 bits per heavy atom. The van der Waals surface area contributed by atoms with Crippen molar-refractivity contribution < 1.29 is 9.15 Å². The molecule has 0 spiro atoms. The van der Waals surface area contributed by atoms with Crippen molar-refractivity contribution in [1.29, 1.82) is 0 Å². The van der Waals surface area contributed by atoms with Gasteiger partial charge in [-0.2, -0.15) is 0 Å². The maximum Gasteiger partial charge on any atom is 0.200 e. The molecule has 2 aromatic heterocycles. The van der Waals surface area contributed by atoms with E-state index in [9.17, 15) is 4.79 Å². The molecule has 50 heavy (non-hydrogen) atoms. The highest BCUT2D eigenvalue weighted by Crippen LogP contribution is 2.56. The van der Waals surface area contributed by atoms with Gasteiger partial charge in [0.25, 0.3) is 0 Å². The van der Waals surface area contributed by atoms with Crippen molar-refractivity contribution in [2.75, 3.05) is 9.80 Å². The Labute approximate surface area is 291 Å². The fourth-order valence-corrected chi connectivity index (χ4v) is 8.23. The van der Waals surface area contributed by atoms with Gasteiger partial charge in [-0.1, -0.05) is 66.2 Å². The van der Waals surface area contributed by atoms with E-state index < -0.39 is 0 Å².